The average Bonchev–Trinajstić information content (AvgIpc) is 2.81. The largest absolute Gasteiger partial charge is 0.271 e. The van der Waals surface area contributed by atoms with Crippen LogP contribution < -0.4 is 9.73 Å². The van der Waals surface area contributed by atoms with Gasteiger partial charge < -0.3 is 0 Å². The van der Waals surface area contributed by atoms with E-state index < -0.39 is 27.4 Å². The van der Waals surface area contributed by atoms with Gasteiger partial charge in [0.25, 0.3) is 21.6 Å². The molecule has 1 amide bonds. The van der Waals surface area contributed by atoms with E-state index in [0.29, 0.717) is 0 Å². The Balaban J connectivity index is 1.88. The number of carbonyl (C=O) groups excluding carboxylic acids is 1. The summed E-state index contributed by atoms with van der Waals surface area (Å²) in [6.07, 6.45) is 1.11. The molecule has 0 spiro atoms. The summed E-state index contributed by atoms with van der Waals surface area (Å²) < 4.78 is 27.4. The van der Waals surface area contributed by atoms with Crippen LogP contribution in [0, 0.1) is 10.1 Å². The van der Waals surface area contributed by atoms with Gasteiger partial charge in [-0.2, -0.15) is 5.10 Å². The van der Waals surface area contributed by atoms with E-state index >= 15 is 0 Å². The first-order valence-corrected chi connectivity index (χ1v) is 12.0. The van der Waals surface area contributed by atoms with Gasteiger partial charge in [-0.3, -0.25) is 19.2 Å². The first-order chi connectivity index (χ1) is 16.1. The Hall–Kier alpha value is -3.18. The van der Waals surface area contributed by atoms with Crippen LogP contribution >= 0.6 is 34.8 Å². The van der Waals surface area contributed by atoms with Crippen molar-refractivity contribution in [3.8, 4) is 0 Å². The van der Waals surface area contributed by atoms with Crippen molar-refractivity contribution in [1.29, 1.82) is 0 Å². The highest BCUT2D eigenvalue weighted by atomic mass is 35.5. The lowest BCUT2D eigenvalue weighted by Crippen LogP contribution is -2.39. The summed E-state index contributed by atoms with van der Waals surface area (Å²) in [5.41, 5.74) is 2.15. The summed E-state index contributed by atoms with van der Waals surface area (Å²) in [5.74, 6) is -0.812. The molecular weight excluding hydrogens is 527 g/mol. The summed E-state index contributed by atoms with van der Waals surface area (Å²) in [6, 6.07) is 15.6. The van der Waals surface area contributed by atoms with Crippen molar-refractivity contribution in [3.05, 3.63) is 97.5 Å². The Kier molecular flexibility index (Phi) is 8.11. The minimum Gasteiger partial charge on any atom is -0.271 e. The number of nitrogens with one attached hydrogen (secondary N) is 1. The van der Waals surface area contributed by atoms with Gasteiger partial charge in [-0.15, -0.1) is 0 Å². The molecule has 176 valence electrons. The quantitative estimate of drug-likeness (QED) is 0.247. The second kappa shape index (κ2) is 10.8. The van der Waals surface area contributed by atoms with Crippen LogP contribution in [0.15, 0.2) is 76.7 Å². The zero-order valence-electron chi connectivity index (χ0n) is 17.1. The van der Waals surface area contributed by atoms with E-state index in [2.05, 4.69) is 10.5 Å². The van der Waals surface area contributed by atoms with E-state index in [4.69, 9.17) is 34.8 Å². The molecule has 3 rings (SSSR count). The minimum atomic E-state index is -4.21. The summed E-state index contributed by atoms with van der Waals surface area (Å²) in [5, 5.41) is 14.9. The van der Waals surface area contributed by atoms with Crippen molar-refractivity contribution in [2.45, 2.75) is 4.90 Å². The van der Waals surface area contributed by atoms with Crippen LogP contribution in [0.2, 0.25) is 15.1 Å². The Bertz CT molecular complexity index is 1370. The predicted molar refractivity (Wildman–Crippen MR) is 131 cm³/mol. The maximum Gasteiger partial charge on any atom is 0.270 e. The molecule has 0 radical (unpaired) electrons. The number of amides is 1. The standard InChI is InChI=1S/C21H15Cl3N4O5S/c22-17-10-9-15(28(30)31)11-14(17)12-25-26-20(29)13-27(19-8-4-7-18(23)21(19)24)34(32,33)16-5-2-1-3-6-16/h1-12H,13H2,(H,26,29)/b25-12-. The number of non-ortho nitro benzene ring substituents is 1. The normalized spacial score (nSPS) is 11.4. The van der Waals surface area contributed by atoms with Crippen LogP contribution in [0.5, 0.6) is 0 Å². The van der Waals surface area contributed by atoms with Crippen LogP contribution in [0.1, 0.15) is 5.56 Å². The van der Waals surface area contributed by atoms with Crippen LogP contribution in [0.25, 0.3) is 0 Å². The number of carbonyl (C=O) groups is 1. The minimum absolute atomic E-state index is 0.00104. The molecule has 0 saturated heterocycles. The first-order valence-electron chi connectivity index (χ1n) is 9.39. The lowest BCUT2D eigenvalue weighted by atomic mass is 10.2. The molecule has 0 bridgehead atoms. The third-order valence-corrected chi connectivity index (χ3v) is 7.33. The van der Waals surface area contributed by atoms with Crippen molar-refractivity contribution in [2.75, 3.05) is 10.8 Å². The van der Waals surface area contributed by atoms with Crippen molar-refractivity contribution in [1.82, 2.24) is 5.43 Å². The number of sulfonamides is 1. The second-order valence-corrected chi connectivity index (χ2v) is 9.71. The van der Waals surface area contributed by atoms with E-state index in [0.717, 1.165) is 10.5 Å². The Labute approximate surface area is 209 Å². The Morgan fingerprint density at radius 3 is 2.41 bits per heavy atom. The molecule has 1 N–H and O–H groups in total. The number of hydrogen-bond donors (Lipinski definition) is 1. The van der Waals surface area contributed by atoms with Gasteiger partial charge in [0.05, 0.1) is 31.8 Å². The number of halogens is 3. The molecule has 0 saturated carbocycles. The fourth-order valence-electron chi connectivity index (χ4n) is 2.79. The molecule has 0 aliphatic rings. The van der Waals surface area contributed by atoms with Gasteiger partial charge in [0.2, 0.25) is 0 Å². The highest BCUT2D eigenvalue weighted by Gasteiger charge is 2.29. The zero-order valence-corrected chi connectivity index (χ0v) is 20.1. The summed E-state index contributed by atoms with van der Waals surface area (Å²) in [4.78, 5) is 22.9. The summed E-state index contributed by atoms with van der Waals surface area (Å²) in [7, 11) is -4.21. The first kappa shape index (κ1) is 25.4. The van der Waals surface area contributed by atoms with E-state index in [-0.39, 0.29) is 36.9 Å². The molecule has 0 unspecified atom stereocenters. The van der Waals surface area contributed by atoms with Crippen LogP contribution in [0.4, 0.5) is 11.4 Å². The van der Waals surface area contributed by atoms with E-state index in [9.17, 15) is 23.3 Å². The number of nitrogens with zero attached hydrogens (tertiary/aromatic N) is 3. The topological polar surface area (TPSA) is 122 Å². The molecular formula is C21H15Cl3N4O5S. The maximum absolute atomic E-state index is 13.3. The van der Waals surface area contributed by atoms with Gasteiger partial charge in [0.15, 0.2) is 0 Å². The second-order valence-electron chi connectivity index (χ2n) is 6.65. The van der Waals surface area contributed by atoms with Gasteiger partial charge in [-0.1, -0.05) is 59.1 Å². The molecule has 13 heteroatoms. The van der Waals surface area contributed by atoms with E-state index in [1.54, 1.807) is 6.07 Å². The lowest BCUT2D eigenvalue weighted by Gasteiger charge is -2.24. The highest BCUT2D eigenvalue weighted by molar-refractivity contribution is 7.92. The van der Waals surface area contributed by atoms with Gasteiger partial charge in [-0.05, 0) is 30.3 Å². The third kappa shape index (κ3) is 5.84. The van der Waals surface area contributed by atoms with Gasteiger partial charge in [-0.25, -0.2) is 13.8 Å². The Morgan fingerprint density at radius 1 is 1.03 bits per heavy atom. The van der Waals surface area contributed by atoms with Gasteiger partial charge in [0.1, 0.15) is 6.54 Å². The third-order valence-electron chi connectivity index (χ3n) is 4.40. The number of nitro groups is 1. The molecule has 3 aromatic carbocycles. The molecule has 0 heterocycles. The maximum atomic E-state index is 13.3. The van der Waals surface area contributed by atoms with Crippen LogP contribution in [-0.2, 0) is 14.8 Å². The predicted octanol–water partition coefficient (Wildman–Crippen LogP) is 4.90. The lowest BCUT2D eigenvalue weighted by molar-refractivity contribution is -0.384. The molecule has 0 aromatic heterocycles. The molecule has 0 aliphatic carbocycles. The Morgan fingerprint density at radius 2 is 1.74 bits per heavy atom. The summed E-state index contributed by atoms with van der Waals surface area (Å²) in [6.45, 7) is -0.683. The zero-order chi connectivity index (χ0) is 24.9. The molecule has 34 heavy (non-hydrogen) atoms. The molecule has 9 nitrogen and oxygen atoms in total. The number of rotatable bonds is 8. The molecule has 0 aliphatic heterocycles. The fraction of sp³-hybridized carbons (Fsp3) is 0.0476. The van der Waals surface area contributed by atoms with Crippen molar-refractivity contribution >= 4 is 68.3 Å². The van der Waals surface area contributed by atoms with E-state index in [1.165, 1.54) is 60.7 Å². The monoisotopic (exact) mass is 540 g/mol. The molecule has 0 fully saturated rings. The van der Waals surface area contributed by atoms with Crippen molar-refractivity contribution in [2.24, 2.45) is 5.10 Å². The van der Waals surface area contributed by atoms with Crippen LogP contribution in [0.3, 0.4) is 0 Å². The number of hydrazone groups is 1. The summed E-state index contributed by atoms with van der Waals surface area (Å²) >= 11 is 18.3. The number of hydrogen-bond acceptors (Lipinski definition) is 6. The van der Waals surface area contributed by atoms with Crippen LogP contribution in [-0.4, -0.2) is 32.0 Å². The fourth-order valence-corrected chi connectivity index (χ4v) is 4.86. The average molecular weight is 542 g/mol. The smallest absolute Gasteiger partial charge is 0.270 e. The van der Waals surface area contributed by atoms with Crippen molar-refractivity contribution < 1.29 is 18.1 Å². The number of benzene rings is 3. The highest BCUT2D eigenvalue weighted by Crippen LogP contribution is 2.35. The van der Waals surface area contributed by atoms with E-state index in [1.807, 2.05) is 0 Å². The number of anilines is 1. The molecule has 3 aromatic rings. The van der Waals surface area contributed by atoms with Crippen molar-refractivity contribution in [3.63, 3.8) is 0 Å². The number of nitro benzene ring substituents is 1. The van der Waals surface area contributed by atoms with Gasteiger partial charge >= 0.3 is 0 Å². The SMILES string of the molecule is O=C(CN(c1cccc(Cl)c1Cl)S(=O)(=O)c1ccccc1)N/N=C\c1cc([N+](=O)[O-])ccc1Cl. The molecule has 0 atom stereocenters. The van der Waals surface area contributed by atoms with Gasteiger partial charge in [0, 0.05) is 22.7 Å².